The first-order valence-electron chi connectivity index (χ1n) is 3.26. The van der Waals surface area contributed by atoms with E-state index < -0.39 is 10.1 Å². The van der Waals surface area contributed by atoms with Gasteiger partial charge in [0.2, 0.25) is 0 Å². The molecule has 0 spiro atoms. The van der Waals surface area contributed by atoms with Crippen LogP contribution in [0, 0.1) is 0 Å². The Labute approximate surface area is 126 Å². The molecule has 0 aliphatic rings. The van der Waals surface area contributed by atoms with E-state index in [9.17, 15) is 17.8 Å². The molecule has 7 heteroatoms. The monoisotopic (exact) mass is 246 g/mol. The number of rotatable bonds is 3. The second-order valence-corrected chi connectivity index (χ2v) is 2.99. The van der Waals surface area contributed by atoms with Gasteiger partial charge in [-0.3, -0.25) is 4.79 Å². The van der Waals surface area contributed by atoms with Crippen molar-refractivity contribution in [3.8, 4) is 0 Å². The molecule has 0 atom stereocenters. The summed E-state index contributed by atoms with van der Waals surface area (Å²) in [4.78, 5) is 10.1. The van der Waals surface area contributed by atoms with Crippen LogP contribution in [0.3, 0.4) is 0 Å². The summed E-state index contributed by atoms with van der Waals surface area (Å²) < 4.78 is 32.3. The zero-order valence-electron chi connectivity index (χ0n) is 8.23. The summed E-state index contributed by atoms with van der Waals surface area (Å²) in [5.41, 5.74) is 0. The Morgan fingerprint density at radius 2 is 1.86 bits per heavy atom. The maximum Gasteiger partial charge on any atom is 1.00 e. The molecule has 0 saturated heterocycles. The number of hydrogen-bond donors (Lipinski definition) is 0. The summed E-state index contributed by atoms with van der Waals surface area (Å²) in [6, 6.07) is 0. The van der Waals surface area contributed by atoms with Gasteiger partial charge in [-0.2, -0.15) is 0 Å². The predicted molar refractivity (Wildman–Crippen MR) is 46.5 cm³/mol. The zero-order valence-corrected chi connectivity index (χ0v) is 12.2. The largest absolute Gasteiger partial charge is 1.00 e. The normalized spacial score (nSPS) is 8.43. The van der Waals surface area contributed by atoms with Crippen molar-refractivity contribution >= 4 is 16.1 Å². The molecular weight excluding hydrogens is 235 g/mol. The van der Waals surface area contributed by atoms with Crippen LogP contribution in [0.4, 0.5) is 0 Å². The molecule has 0 fully saturated rings. The third kappa shape index (κ3) is 22.9. The zero-order chi connectivity index (χ0) is 10.9. The van der Waals surface area contributed by atoms with E-state index in [1.807, 2.05) is 0 Å². The van der Waals surface area contributed by atoms with E-state index in [2.05, 4.69) is 17.9 Å². The van der Waals surface area contributed by atoms with Crippen molar-refractivity contribution in [1.29, 1.82) is 0 Å². The first-order chi connectivity index (χ1) is 5.87. The Morgan fingerprint density at radius 3 is 1.93 bits per heavy atom. The van der Waals surface area contributed by atoms with Crippen molar-refractivity contribution in [3.05, 3.63) is 24.8 Å². The third-order valence-corrected chi connectivity index (χ3v) is 1.12. The molecule has 0 aromatic carbocycles. The second kappa shape index (κ2) is 11.6. The van der Waals surface area contributed by atoms with Crippen LogP contribution < -0.4 is 51.4 Å². The molecule has 0 amide bonds. The fourth-order valence-electron chi connectivity index (χ4n) is 0.176. The summed E-state index contributed by atoms with van der Waals surface area (Å²) in [7, 11) is -4.15. The maximum atomic E-state index is 10.1. The predicted octanol–water partition coefficient (Wildman–Crippen LogP) is -2.24. The minimum absolute atomic E-state index is 0. The van der Waals surface area contributed by atoms with Gasteiger partial charge in [0.1, 0.15) is 10.1 Å². The molecule has 14 heavy (non-hydrogen) atoms. The van der Waals surface area contributed by atoms with Gasteiger partial charge in [-0.25, -0.2) is 8.42 Å². The summed E-state index contributed by atoms with van der Waals surface area (Å²) in [6.45, 7) is 7.67. The van der Waals surface area contributed by atoms with E-state index in [1.165, 1.54) is 0 Å². The molecule has 0 saturated carbocycles. The van der Waals surface area contributed by atoms with Crippen LogP contribution in [0.1, 0.15) is 13.3 Å². The van der Waals surface area contributed by atoms with Gasteiger partial charge in [-0.1, -0.05) is 20.1 Å². The van der Waals surface area contributed by atoms with Crippen LogP contribution in [0.5, 0.6) is 0 Å². The first kappa shape index (κ1) is 20.0. The van der Waals surface area contributed by atoms with E-state index in [0.717, 1.165) is 6.26 Å². The fourth-order valence-corrected chi connectivity index (χ4v) is 0.176. The van der Waals surface area contributed by atoms with Crippen LogP contribution in [-0.4, -0.2) is 18.9 Å². The van der Waals surface area contributed by atoms with Crippen molar-refractivity contribution in [2.75, 3.05) is 0 Å². The van der Waals surface area contributed by atoms with Crippen LogP contribution in [0.25, 0.3) is 0 Å². The van der Waals surface area contributed by atoms with E-state index in [-0.39, 0.29) is 57.4 Å². The average molecular weight is 246 g/mol. The van der Waals surface area contributed by atoms with E-state index in [0.29, 0.717) is 11.8 Å². The molecule has 0 bridgehead atoms. The standard InChI is InChI=1S/C5H8O2.C2H4O3S.K/c1-3-5(6)7-4-2;1-2-6(3,4)5;/h4H,2-3H2,1H3;2H,1H2,(H,3,4,5);/q;;+1/p-1. The van der Waals surface area contributed by atoms with Crippen molar-refractivity contribution < 1.29 is 73.9 Å². The number of carbonyl (C=O) groups is 1. The number of ether oxygens (including phenoxy) is 1. The van der Waals surface area contributed by atoms with Gasteiger partial charge in [0.15, 0.2) is 0 Å². The molecule has 0 rings (SSSR count). The van der Waals surface area contributed by atoms with Gasteiger partial charge in [0.25, 0.3) is 0 Å². The molecule has 0 N–H and O–H groups in total. The molecule has 0 heterocycles. The Kier molecular flexibility index (Phi) is 16.5. The van der Waals surface area contributed by atoms with E-state index in [1.54, 1.807) is 6.92 Å². The van der Waals surface area contributed by atoms with Crippen LogP contribution in [0.2, 0.25) is 0 Å². The average Bonchev–Trinajstić information content (AvgIpc) is 2.05. The number of hydrogen-bond acceptors (Lipinski definition) is 5. The minimum atomic E-state index is -4.15. The second-order valence-electron chi connectivity index (χ2n) is 1.67. The van der Waals surface area contributed by atoms with Crippen LogP contribution in [-0.2, 0) is 19.6 Å². The Morgan fingerprint density at radius 1 is 1.50 bits per heavy atom. The topological polar surface area (TPSA) is 83.5 Å². The molecule has 0 radical (unpaired) electrons. The van der Waals surface area contributed by atoms with Crippen molar-refractivity contribution in [2.45, 2.75) is 13.3 Å². The van der Waals surface area contributed by atoms with Gasteiger partial charge in [-0.05, 0) is 0 Å². The fraction of sp³-hybridized carbons (Fsp3) is 0.286. The van der Waals surface area contributed by atoms with Gasteiger partial charge >= 0.3 is 57.4 Å². The van der Waals surface area contributed by atoms with Gasteiger partial charge in [0, 0.05) is 11.8 Å². The van der Waals surface area contributed by atoms with Crippen LogP contribution >= 0.6 is 0 Å². The van der Waals surface area contributed by atoms with Gasteiger partial charge in [0.05, 0.1) is 6.26 Å². The quantitative estimate of drug-likeness (QED) is 0.243. The molecule has 0 aliphatic heterocycles. The summed E-state index contributed by atoms with van der Waals surface area (Å²) in [5, 5.41) is 0.354. The molecule has 0 aliphatic carbocycles. The Balaban J connectivity index is -0.000000163. The molecule has 0 aromatic heterocycles. The summed E-state index contributed by atoms with van der Waals surface area (Å²) >= 11 is 0. The van der Waals surface area contributed by atoms with Crippen LogP contribution in [0.15, 0.2) is 24.8 Å². The van der Waals surface area contributed by atoms with Gasteiger partial charge in [-0.15, -0.1) is 0 Å². The van der Waals surface area contributed by atoms with Crippen molar-refractivity contribution in [1.82, 2.24) is 0 Å². The Hall–Kier alpha value is 0.496. The maximum absolute atomic E-state index is 10.1. The third-order valence-electron chi connectivity index (χ3n) is 0.708. The van der Waals surface area contributed by atoms with Crippen molar-refractivity contribution in [2.24, 2.45) is 0 Å². The molecule has 76 valence electrons. The van der Waals surface area contributed by atoms with Crippen molar-refractivity contribution in [3.63, 3.8) is 0 Å². The van der Waals surface area contributed by atoms with Gasteiger partial charge < -0.3 is 9.29 Å². The molecule has 0 aromatic rings. The molecule has 5 nitrogen and oxygen atoms in total. The smallest absolute Gasteiger partial charge is 0.745 e. The van der Waals surface area contributed by atoms with E-state index in [4.69, 9.17) is 0 Å². The molecular formula is C7H11KO5S. The Bertz CT molecular complexity index is 258. The minimum Gasteiger partial charge on any atom is -0.745 e. The summed E-state index contributed by atoms with van der Waals surface area (Å²) in [5.74, 6) is -0.241. The first-order valence-corrected chi connectivity index (χ1v) is 4.73. The SMILES string of the molecule is C=COC(=O)CC.C=CS(=O)(=O)[O-].[K+]. The van der Waals surface area contributed by atoms with E-state index >= 15 is 0 Å². The number of esters is 1. The summed E-state index contributed by atoms with van der Waals surface area (Å²) in [6.07, 6.45) is 1.54. The molecule has 0 unspecified atom stereocenters. The number of carbonyl (C=O) groups excluding carboxylic acids is 1.